The standard InChI is InChI=1S/C58H38N8/c1-5-15-41(16-6-1)51-37-52(42-17-7-2-8-18-42)63-55(62-51)45-28-24-39(25-29-45)47-32-33-50(60-38-47)54-36-48(35-53(61-54)49-23-13-14-34-59-49)40-26-30-46(31-27-40)58-65-56(43-19-9-3-10-20-43)64-57(66-58)44-21-11-4-12-22-44/h1-38H. The summed E-state index contributed by atoms with van der Waals surface area (Å²) in [7, 11) is 0. The van der Waals surface area contributed by atoms with Crippen LogP contribution in [0.5, 0.6) is 0 Å². The summed E-state index contributed by atoms with van der Waals surface area (Å²) in [4.78, 5) is 39.4. The lowest BCUT2D eigenvalue weighted by Gasteiger charge is -2.11. The monoisotopic (exact) mass is 846 g/mol. The third kappa shape index (κ3) is 8.50. The molecule has 11 rings (SSSR count). The van der Waals surface area contributed by atoms with Crippen LogP contribution < -0.4 is 0 Å². The number of hydrogen-bond donors (Lipinski definition) is 0. The van der Waals surface area contributed by atoms with Gasteiger partial charge in [0.25, 0.3) is 0 Å². The van der Waals surface area contributed by atoms with Crippen LogP contribution in [0.2, 0.25) is 0 Å². The quantitative estimate of drug-likeness (QED) is 0.134. The molecular weight excluding hydrogens is 809 g/mol. The molecule has 0 aliphatic rings. The minimum Gasteiger partial charge on any atom is -0.255 e. The molecular formula is C58H38N8. The number of nitrogens with zero attached hydrogens (tertiary/aromatic N) is 8. The van der Waals surface area contributed by atoms with Crippen molar-refractivity contribution in [3.8, 4) is 113 Å². The van der Waals surface area contributed by atoms with Gasteiger partial charge in [0, 0.05) is 51.3 Å². The van der Waals surface area contributed by atoms with Crippen LogP contribution in [-0.2, 0) is 0 Å². The zero-order valence-electron chi connectivity index (χ0n) is 35.5. The molecule has 6 aromatic carbocycles. The Kier molecular flexibility index (Phi) is 10.8. The minimum absolute atomic E-state index is 0.598. The van der Waals surface area contributed by atoms with Crippen molar-refractivity contribution in [3.63, 3.8) is 0 Å². The van der Waals surface area contributed by atoms with E-state index in [2.05, 4.69) is 102 Å². The molecule has 0 atom stereocenters. The number of pyridine rings is 3. The zero-order valence-corrected chi connectivity index (χ0v) is 35.5. The van der Waals surface area contributed by atoms with Crippen LogP contribution in [0.15, 0.2) is 231 Å². The molecule has 0 spiro atoms. The average Bonchev–Trinajstić information content (AvgIpc) is 3.42. The number of rotatable bonds is 10. The maximum absolute atomic E-state index is 5.08. The summed E-state index contributed by atoms with van der Waals surface area (Å²) < 4.78 is 0. The third-order valence-corrected chi connectivity index (χ3v) is 11.3. The van der Waals surface area contributed by atoms with E-state index in [1.54, 1.807) is 6.20 Å². The first kappa shape index (κ1) is 39.7. The van der Waals surface area contributed by atoms with Gasteiger partial charge in [0.1, 0.15) is 0 Å². The SMILES string of the molecule is c1ccc(-c2cc(-c3ccccc3)nc(-c3ccc(-c4ccc(-c5cc(-c6ccc(-c7nc(-c8ccccc8)nc(-c8ccccc8)n7)cc6)cc(-c6ccccn6)n5)nc4)cc3)n2)cc1. The predicted molar refractivity (Wildman–Crippen MR) is 263 cm³/mol. The van der Waals surface area contributed by atoms with Gasteiger partial charge in [-0.2, -0.15) is 0 Å². The second kappa shape index (κ2) is 17.9. The van der Waals surface area contributed by atoms with E-state index in [9.17, 15) is 0 Å². The maximum atomic E-state index is 5.08. The Hall–Kier alpha value is -9.14. The van der Waals surface area contributed by atoms with Crippen molar-refractivity contribution in [1.82, 2.24) is 39.9 Å². The first-order chi connectivity index (χ1) is 32.7. The van der Waals surface area contributed by atoms with Gasteiger partial charge in [0.05, 0.1) is 34.2 Å². The van der Waals surface area contributed by atoms with Gasteiger partial charge in [-0.3, -0.25) is 9.97 Å². The minimum atomic E-state index is 0.598. The summed E-state index contributed by atoms with van der Waals surface area (Å²) in [5, 5.41) is 0. The van der Waals surface area contributed by atoms with E-state index in [4.69, 9.17) is 34.9 Å². The Morgan fingerprint density at radius 1 is 0.197 bits per heavy atom. The van der Waals surface area contributed by atoms with E-state index in [1.807, 2.05) is 128 Å². The maximum Gasteiger partial charge on any atom is 0.164 e. The summed E-state index contributed by atoms with van der Waals surface area (Å²) in [6.07, 6.45) is 3.68. The Morgan fingerprint density at radius 3 is 1.02 bits per heavy atom. The van der Waals surface area contributed by atoms with Gasteiger partial charge >= 0.3 is 0 Å². The summed E-state index contributed by atoms with van der Waals surface area (Å²) in [6.45, 7) is 0. The first-order valence-electron chi connectivity index (χ1n) is 21.7. The molecule has 0 aliphatic heterocycles. The second-order valence-corrected chi connectivity index (χ2v) is 15.7. The Labute approximate surface area is 382 Å². The Morgan fingerprint density at radius 2 is 0.576 bits per heavy atom. The molecule has 66 heavy (non-hydrogen) atoms. The van der Waals surface area contributed by atoms with Crippen LogP contribution in [0.3, 0.4) is 0 Å². The lowest BCUT2D eigenvalue weighted by Crippen LogP contribution is -2.00. The fourth-order valence-electron chi connectivity index (χ4n) is 7.84. The smallest absolute Gasteiger partial charge is 0.164 e. The average molecular weight is 847 g/mol. The normalized spacial score (nSPS) is 11.0. The van der Waals surface area contributed by atoms with Gasteiger partial charge in [0.15, 0.2) is 23.3 Å². The molecule has 8 heteroatoms. The van der Waals surface area contributed by atoms with Crippen LogP contribution >= 0.6 is 0 Å². The van der Waals surface area contributed by atoms with Gasteiger partial charge in [0.2, 0.25) is 0 Å². The number of benzene rings is 6. The third-order valence-electron chi connectivity index (χ3n) is 11.3. The molecule has 5 aromatic heterocycles. The van der Waals surface area contributed by atoms with E-state index in [0.717, 1.165) is 89.8 Å². The van der Waals surface area contributed by atoms with Crippen molar-refractivity contribution in [2.24, 2.45) is 0 Å². The lowest BCUT2D eigenvalue weighted by atomic mass is 10.0. The van der Waals surface area contributed by atoms with Crippen LogP contribution in [0.25, 0.3) is 113 Å². The molecule has 0 N–H and O–H groups in total. The highest BCUT2D eigenvalue weighted by atomic mass is 15.0. The summed E-state index contributed by atoms with van der Waals surface area (Å²) in [6, 6.07) is 73.2. The van der Waals surface area contributed by atoms with Gasteiger partial charge in [-0.05, 0) is 53.1 Å². The van der Waals surface area contributed by atoms with Crippen LogP contribution in [0.4, 0.5) is 0 Å². The fourth-order valence-corrected chi connectivity index (χ4v) is 7.84. The molecule has 0 bridgehead atoms. The number of aromatic nitrogens is 8. The van der Waals surface area contributed by atoms with Crippen molar-refractivity contribution in [2.75, 3.05) is 0 Å². The largest absolute Gasteiger partial charge is 0.255 e. The predicted octanol–water partition coefficient (Wildman–Crippen LogP) is 13.5. The van der Waals surface area contributed by atoms with E-state index in [0.29, 0.717) is 23.3 Å². The topological polar surface area (TPSA) is 103 Å². The van der Waals surface area contributed by atoms with Crippen molar-refractivity contribution >= 4 is 0 Å². The van der Waals surface area contributed by atoms with E-state index in [-0.39, 0.29) is 0 Å². The van der Waals surface area contributed by atoms with Crippen molar-refractivity contribution in [3.05, 3.63) is 231 Å². The second-order valence-electron chi connectivity index (χ2n) is 15.7. The van der Waals surface area contributed by atoms with Crippen molar-refractivity contribution in [2.45, 2.75) is 0 Å². The van der Waals surface area contributed by atoms with Crippen LogP contribution in [-0.4, -0.2) is 39.9 Å². The molecule has 310 valence electrons. The van der Waals surface area contributed by atoms with Gasteiger partial charge < -0.3 is 0 Å². The Bertz CT molecular complexity index is 3290. The first-order valence-corrected chi connectivity index (χ1v) is 21.7. The molecule has 0 saturated heterocycles. The number of hydrogen-bond acceptors (Lipinski definition) is 8. The molecule has 0 saturated carbocycles. The van der Waals surface area contributed by atoms with E-state index >= 15 is 0 Å². The van der Waals surface area contributed by atoms with Crippen LogP contribution in [0, 0.1) is 0 Å². The molecule has 8 nitrogen and oxygen atoms in total. The molecule has 0 aliphatic carbocycles. The highest BCUT2D eigenvalue weighted by Gasteiger charge is 2.16. The fraction of sp³-hybridized carbons (Fsp3) is 0. The van der Waals surface area contributed by atoms with Crippen LogP contribution in [0.1, 0.15) is 0 Å². The van der Waals surface area contributed by atoms with E-state index in [1.165, 1.54) is 0 Å². The van der Waals surface area contributed by atoms with Gasteiger partial charge in [-0.1, -0.05) is 182 Å². The molecule has 5 heterocycles. The highest BCUT2D eigenvalue weighted by molar-refractivity contribution is 5.78. The lowest BCUT2D eigenvalue weighted by molar-refractivity contribution is 1.07. The highest BCUT2D eigenvalue weighted by Crippen LogP contribution is 2.33. The molecule has 0 fully saturated rings. The van der Waals surface area contributed by atoms with Gasteiger partial charge in [-0.15, -0.1) is 0 Å². The van der Waals surface area contributed by atoms with Crippen molar-refractivity contribution < 1.29 is 0 Å². The summed E-state index contributed by atoms with van der Waals surface area (Å²) >= 11 is 0. The summed E-state index contributed by atoms with van der Waals surface area (Å²) in [5.74, 6) is 2.50. The van der Waals surface area contributed by atoms with Crippen molar-refractivity contribution in [1.29, 1.82) is 0 Å². The van der Waals surface area contributed by atoms with Gasteiger partial charge in [-0.25, -0.2) is 29.9 Å². The summed E-state index contributed by atoms with van der Waals surface area (Å²) in [5.41, 5.74) is 14.5. The zero-order chi connectivity index (χ0) is 44.1. The molecule has 0 amide bonds. The van der Waals surface area contributed by atoms with E-state index < -0.39 is 0 Å². The Balaban J connectivity index is 0.899. The molecule has 0 radical (unpaired) electrons. The molecule has 11 aromatic rings. The molecule has 0 unspecified atom stereocenters.